The predicted octanol–water partition coefficient (Wildman–Crippen LogP) is -0.584. The van der Waals surface area contributed by atoms with E-state index in [-0.39, 0.29) is 42.1 Å². The van der Waals surface area contributed by atoms with Gasteiger partial charge in [-0.05, 0) is 36.8 Å². The van der Waals surface area contributed by atoms with Crippen molar-refractivity contribution in [1.82, 2.24) is 9.97 Å². The second-order valence-corrected chi connectivity index (χ2v) is 5.07. The zero-order valence-corrected chi connectivity index (χ0v) is 16.8. The Morgan fingerprint density at radius 1 is 0.733 bits per heavy atom. The Balaban J connectivity index is -0.000000359. The van der Waals surface area contributed by atoms with Crippen LogP contribution in [0.3, 0.4) is 0 Å². The van der Waals surface area contributed by atoms with Crippen LogP contribution in [0.15, 0.2) is 51.3 Å². The molecule has 0 bridgehead atoms. The van der Waals surface area contributed by atoms with Crippen LogP contribution in [0.1, 0.15) is 17.3 Å². The minimum atomic E-state index is 0. The Morgan fingerprint density at radius 3 is 1.67 bits per heavy atom. The molecule has 0 aliphatic carbocycles. The molecule has 0 atom stereocenters. The molecule has 30 heavy (non-hydrogen) atoms. The van der Waals surface area contributed by atoms with Gasteiger partial charge in [0.2, 0.25) is 0 Å². The fourth-order valence-corrected chi connectivity index (χ4v) is 2.13. The van der Waals surface area contributed by atoms with Crippen molar-refractivity contribution in [1.29, 1.82) is 0 Å². The molecule has 0 saturated heterocycles. The van der Waals surface area contributed by atoms with Crippen LogP contribution in [0.25, 0.3) is 22.2 Å². The number of nitrogens with zero attached hydrogens (tertiary/aromatic N) is 2. The van der Waals surface area contributed by atoms with Crippen molar-refractivity contribution in [3.63, 3.8) is 0 Å². The maximum Gasteiger partial charge on any atom is 1.00 e. The van der Waals surface area contributed by atoms with Crippen LogP contribution < -0.4 is 18.9 Å². The molecule has 4 aromatic rings. The van der Waals surface area contributed by atoms with Crippen LogP contribution in [-0.2, 0) is 19.2 Å². The maximum atomic E-state index is 8.12. The van der Waals surface area contributed by atoms with E-state index in [1.165, 1.54) is 5.56 Å². The maximum absolute atomic E-state index is 8.12. The molecule has 0 unspecified atom stereocenters. The number of oxazole rings is 2. The molecular formula is C19H19LiN2O8. The number of fused-ring (bicyclic) bond motifs is 2. The van der Waals surface area contributed by atoms with Gasteiger partial charge in [0, 0.05) is 13.8 Å². The number of carbonyl (C=O) groups excluding carboxylic acids is 4. The van der Waals surface area contributed by atoms with E-state index >= 15 is 0 Å². The SMILES string of the molecule is Cc1ccc2nc(C)oc2c1.Cc1nc2ccccc2o1.O.O=C=O.O=C=O.[Li+].[OH-]. The Hall–Kier alpha value is -3.34. The summed E-state index contributed by atoms with van der Waals surface area (Å²) in [5.74, 6) is 1.45. The molecule has 11 heteroatoms. The minimum absolute atomic E-state index is 0. The van der Waals surface area contributed by atoms with Gasteiger partial charge in [-0.2, -0.15) is 19.2 Å². The number of aromatic nitrogens is 2. The van der Waals surface area contributed by atoms with Gasteiger partial charge in [0.25, 0.3) is 0 Å². The van der Waals surface area contributed by atoms with Crippen molar-refractivity contribution in [3.8, 4) is 0 Å². The minimum Gasteiger partial charge on any atom is -0.870 e. The summed E-state index contributed by atoms with van der Waals surface area (Å²) in [6.45, 7) is 5.74. The van der Waals surface area contributed by atoms with Gasteiger partial charge in [-0.15, -0.1) is 0 Å². The van der Waals surface area contributed by atoms with Gasteiger partial charge in [0.15, 0.2) is 22.9 Å². The van der Waals surface area contributed by atoms with Crippen molar-refractivity contribution in [2.75, 3.05) is 0 Å². The fourth-order valence-electron chi connectivity index (χ4n) is 2.13. The van der Waals surface area contributed by atoms with Crippen molar-refractivity contribution in [3.05, 3.63) is 59.8 Å². The van der Waals surface area contributed by atoms with Crippen LogP contribution in [0.4, 0.5) is 0 Å². The monoisotopic (exact) mass is 410 g/mol. The van der Waals surface area contributed by atoms with E-state index < -0.39 is 0 Å². The van der Waals surface area contributed by atoms with E-state index in [2.05, 4.69) is 9.97 Å². The molecule has 0 radical (unpaired) electrons. The summed E-state index contributed by atoms with van der Waals surface area (Å²) >= 11 is 0. The molecule has 3 N–H and O–H groups in total. The molecule has 10 nitrogen and oxygen atoms in total. The molecule has 2 aromatic heterocycles. The van der Waals surface area contributed by atoms with Gasteiger partial charge in [-0.25, -0.2) is 9.97 Å². The van der Waals surface area contributed by atoms with Crippen molar-refractivity contribution < 1.29 is 57.8 Å². The summed E-state index contributed by atoms with van der Waals surface area (Å²) in [4.78, 5) is 40.8. The van der Waals surface area contributed by atoms with Crippen molar-refractivity contribution in [2.45, 2.75) is 20.8 Å². The third kappa shape index (κ3) is 10.3. The molecular weight excluding hydrogens is 391 g/mol. The largest absolute Gasteiger partial charge is 1.00 e. The van der Waals surface area contributed by atoms with Gasteiger partial charge in [0.05, 0.1) is 0 Å². The standard InChI is InChI=1S/C9H9NO.C8H7NO.2CO2.Li.2H2O/c1-6-3-4-8-9(5-6)11-7(2)10-8;1-6-9-7-4-2-3-5-8(7)10-6;2*2-1-3;;;/h3-5H,1-2H3;2-5H,1H3;;;;2*1H2/q;;;;+1;;/p-1. The molecule has 0 amide bonds. The van der Waals surface area contributed by atoms with Gasteiger partial charge >= 0.3 is 31.2 Å². The summed E-state index contributed by atoms with van der Waals surface area (Å²) in [7, 11) is 0. The zero-order chi connectivity index (χ0) is 20.2. The van der Waals surface area contributed by atoms with E-state index in [1.807, 2.05) is 63.2 Å². The molecule has 154 valence electrons. The number of hydrogen-bond acceptors (Lipinski definition) is 9. The average Bonchev–Trinajstić information content (AvgIpc) is 3.16. The van der Waals surface area contributed by atoms with Crippen LogP contribution in [0.2, 0.25) is 0 Å². The number of rotatable bonds is 0. The van der Waals surface area contributed by atoms with E-state index in [0.717, 1.165) is 34.0 Å². The smallest absolute Gasteiger partial charge is 0.870 e. The summed E-state index contributed by atoms with van der Waals surface area (Å²) in [5.41, 5.74) is 4.81. The fraction of sp³-hybridized carbons (Fsp3) is 0.158. The first-order valence-electron chi connectivity index (χ1n) is 7.59. The first kappa shape index (κ1) is 31.4. The number of hydrogen-bond donors (Lipinski definition) is 0. The van der Waals surface area contributed by atoms with Gasteiger partial charge in [-0.3, -0.25) is 0 Å². The third-order valence-corrected chi connectivity index (χ3v) is 3.05. The van der Waals surface area contributed by atoms with Crippen LogP contribution >= 0.6 is 0 Å². The van der Waals surface area contributed by atoms with Crippen molar-refractivity contribution >= 4 is 34.5 Å². The topological polar surface area (TPSA) is 182 Å². The van der Waals surface area contributed by atoms with E-state index in [0.29, 0.717) is 0 Å². The van der Waals surface area contributed by atoms with Crippen LogP contribution in [0.5, 0.6) is 0 Å². The van der Waals surface area contributed by atoms with Crippen molar-refractivity contribution in [2.24, 2.45) is 0 Å². The van der Waals surface area contributed by atoms with E-state index in [9.17, 15) is 0 Å². The zero-order valence-electron chi connectivity index (χ0n) is 16.8. The quantitative estimate of drug-likeness (QED) is 0.342. The molecule has 0 aliphatic heterocycles. The van der Waals surface area contributed by atoms with Gasteiger partial charge in [-0.1, -0.05) is 18.2 Å². The van der Waals surface area contributed by atoms with E-state index in [1.54, 1.807) is 0 Å². The first-order valence-corrected chi connectivity index (χ1v) is 7.59. The Kier molecular flexibility index (Phi) is 17.3. The molecule has 0 spiro atoms. The van der Waals surface area contributed by atoms with Crippen LogP contribution in [-0.4, -0.2) is 33.2 Å². The Morgan fingerprint density at radius 2 is 1.17 bits per heavy atom. The second kappa shape index (κ2) is 16.6. The summed E-state index contributed by atoms with van der Waals surface area (Å²) in [6.07, 6.45) is 0.500. The molecule has 0 fully saturated rings. The number of aryl methyl sites for hydroxylation is 3. The number of benzene rings is 2. The molecule has 0 aliphatic rings. The molecule has 2 heterocycles. The predicted molar refractivity (Wildman–Crippen MR) is 97.8 cm³/mol. The summed E-state index contributed by atoms with van der Waals surface area (Å²) < 4.78 is 10.6. The molecule has 2 aromatic carbocycles. The van der Waals surface area contributed by atoms with Gasteiger partial charge in [0.1, 0.15) is 11.0 Å². The van der Waals surface area contributed by atoms with Crippen LogP contribution in [0, 0.1) is 20.8 Å². The Bertz CT molecular complexity index is 1030. The van der Waals surface area contributed by atoms with E-state index in [4.69, 9.17) is 28.0 Å². The number of para-hydroxylation sites is 2. The third-order valence-electron chi connectivity index (χ3n) is 3.05. The Labute approximate surface area is 183 Å². The van der Waals surface area contributed by atoms with Gasteiger partial charge < -0.3 is 19.8 Å². The first-order chi connectivity index (χ1) is 12.9. The summed E-state index contributed by atoms with van der Waals surface area (Å²) in [5, 5.41) is 0. The molecule has 0 saturated carbocycles. The molecule has 4 rings (SSSR count). The second-order valence-electron chi connectivity index (χ2n) is 5.07. The average molecular weight is 410 g/mol. The normalized spacial score (nSPS) is 7.97. The summed E-state index contributed by atoms with van der Waals surface area (Å²) in [6, 6.07) is 13.7.